The lowest BCUT2D eigenvalue weighted by atomic mass is 10.1. The lowest BCUT2D eigenvalue weighted by Crippen LogP contribution is -2.36. The Morgan fingerprint density at radius 2 is 1.95 bits per heavy atom. The molecule has 7 heteroatoms. The number of carboxylic acid groups (broad SMARTS) is 1. The number of aromatic nitrogens is 2. The summed E-state index contributed by atoms with van der Waals surface area (Å²) in [7, 11) is 0. The predicted octanol–water partition coefficient (Wildman–Crippen LogP) is 0.652. The molecule has 0 saturated heterocycles. The summed E-state index contributed by atoms with van der Waals surface area (Å²) in [5.74, 6) is -1.78. The van der Waals surface area contributed by atoms with Crippen LogP contribution in [0.25, 0.3) is 0 Å². The summed E-state index contributed by atoms with van der Waals surface area (Å²) in [5, 5.41) is 11.2. The van der Waals surface area contributed by atoms with Crippen LogP contribution in [-0.4, -0.2) is 33.5 Å². The molecular formula is C13H19N3O4. The molecule has 3 N–H and O–H groups in total. The van der Waals surface area contributed by atoms with Crippen LogP contribution in [0.15, 0.2) is 4.79 Å². The molecule has 0 aliphatic heterocycles. The van der Waals surface area contributed by atoms with E-state index < -0.39 is 23.4 Å². The number of carbonyl (C=O) groups excluding carboxylic acids is 1. The smallest absolute Gasteiger partial charge is 0.308 e. The summed E-state index contributed by atoms with van der Waals surface area (Å²) in [6.07, 6.45) is 0. The second-order valence-corrected chi connectivity index (χ2v) is 5.02. The third-order valence-electron chi connectivity index (χ3n) is 2.88. The molecular weight excluding hydrogens is 262 g/mol. The van der Waals surface area contributed by atoms with Crippen LogP contribution in [0.4, 0.5) is 0 Å². The van der Waals surface area contributed by atoms with Crippen LogP contribution in [0, 0.1) is 12.8 Å². The number of hydrogen-bond donors (Lipinski definition) is 3. The maximum atomic E-state index is 11.9. The molecule has 0 spiro atoms. The first-order valence-corrected chi connectivity index (χ1v) is 6.35. The van der Waals surface area contributed by atoms with Gasteiger partial charge in [-0.25, -0.2) is 4.98 Å². The van der Waals surface area contributed by atoms with Crippen molar-refractivity contribution < 1.29 is 14.7 Å². The molecule has 0 aromatic carbocycles. The van der Waals surface area contributed by atoms with Gasteiger partial charge in [-0.1, -0.05) is 20.8 Å². The number of nitrogens with zero attached hydrogens (tertiary/aromatic N) is 1. The standard InChI is InChI=1S/C13H19N3O4/c1-6(2)10-15-8(4)9(12(18)16-10)11(17)14-5-7(3)13(19)20/h6-7H,5H2,1-4H3,(H,14,17)(H,19,20)(H,15,16,18). The van der Waals surface area contributed by atoms with Gasteiger partial charge < -0.3 is 15.4 Å². The van der Waals surface area contributed by atoms with Crippen molar-refractivity contribution in [1.82, 2.24) is 15.3 Å². The molecule has 1 atom stereocenters. The van der Waals surface area contributed by atoms with E-state index in [1.54, 1.807) is 6.92 Å². The fourth-order valence-electron chi connectivity index (χ4n) is 1.57. The van der Waals surface area contributed by atoms with Crippen molar-refractivity contribution in [3.8, 4) is 0 Å². The predicted molar refractivity (Wildman–Crippen MR) is 72.8 cm³/mol. The van der Waals surface area contributed by atoms with E-state index in [1.807, 2.05) is 13.8 Å². The van der Waals surface area contributed by atoms with Crippen molar-refractivity contribution in [2.24, 2.45) is 5.92 Å². The van der Waals surface area contributed by atoms with Gasteiger partial charge in [-0.15, -0.1) is 0 Å². The van der Waals surface area contributed by atoms with Gasteiger partial charge in [0.1, 0.15) is 11.4 Å². The highest BCUT2D eigenvalue weighted by Crippen LogP contribution is 2.08. The van der Waals surface area contributed by atoms with Gasteiger partial charge in [-0.3, -0.25) is 14.4 Å². The summed E-state index contributed by atoms with van der Waals surface area (Å²) in [6.45, 7) is 6.77. The Labute approximate surface area is 116 Å². The molecule has 1 aromatic rings. The number of nitrogens with one attached hydrogen (secondary N) is 2. The number of carbonyl (C=O) groups is 2. The van der Waals surface area contributed by atoms with Gasteiger partial charge in [0, 0.05) is 12.5 Å². The largest absolute Gasteiger partial charge is 0.481 e. The van der Waals surface area contributed by atoms with Crippen molar-refractivity contribution in [2.75, 3.05) is 6.54 Å². The van der Waals surface area contributed by atoms with Crippen LogP contribution >= 0.6 is 0 Å². The zero-order valence-electron chi connectivity index (χ0n) is 12.0. The number of hydrogen-bond acceptors (Lipinski definition) is 4. The van der Waals surface area contributed by atoms with Gasteiger partial charge in [0.05, 0.1) is 11.6 Å². The fraction of sp³-hybridized carbons (Fsp3) is 0.538. The van der Waals surface area contributed by atoms with Gasteiger partial charge >= 0.3 is 5.97 Å². The van der Waals surface area contributed by atoms with Gasteiger partial charge in [-0.2, -0.15) is 0 Å². The average molecular weight is 281 g/mol. The molecule has 1 rings (SSSR count). The Kier molecular flexibility index (Phi) is 5.01. The van der Waals surface area contributed by atoms with Crippen molar-refractivity contribution in [3.05, 3.63) is 27.4 Å². The van der Waals surface area contributed by atoms with E-state index in [9.17, 15) is 14.4 Å². The van der Waals surface area contributed by atoms with Crippen molar-refractivity contribution in [3.63, 3.8) is 0 Å². The van der Waals surface area contributed by atoms with E-state index in [0.29, 0.717) is 11.5 Å². The molecule has 1 aromatic heterocycles. The minimum Gasteiger partial charge on any atom is -0.481 e. The first-order chi connectivity index (χ1) is 9.23. The topological polar surface area (TPSA) is 112 Å². The van der Waals surface area contributed by atoms with E-state index in [0.717, 1.165) is 0 Å². The van der Waals surface area contributed by atoms with E-state index in [2.05, 4.69) is 15.3 Å². The third kappa shape index (κ3) is 3.66. The van der Waals surface area contributed by atoms with Crippen LogP contribution in [0.3, 0.4) is 0 Å². The number of aryl methyl sites for hydroxylation is 1. The summed E-state index contributed by atoms with van der Waals surface area (Å²) in [4.78, 5) is 41.3. The number of aromatic amines is 1. The number of amides is 1. The lowest BCUT2D eigenvalue weighted by molar-refractivity contribution is -0.140. The van der Waals surface area contributed by atoms with Crippen molar-refractivity contribution in [2.45, 2.75) is 33.6 Å². The molecule has 0 radical (unpaired) electrons. The number of rotatable bonds is 5. The highest BCUT2D eigenvalue weighted by molar-refractivity contribution is 5.95. The molecule has 1 unspecified atom stereocenters. The van der Waals surface area contributed by atoms with E-state index in [-0.39, 0.29) is 18.0 Å². The Balaban J connectivity index is 2.94. The fourth-order valence-corrected chi connectivity index (χ4v) is 1.57. The minimum atomic E-state index is -1.01. The average Bonchev–Trinajstić information content (AvgIpc) is 2.34. The van der Waals surface area contributed by atoms with Crippen LogP contribution in [-0.2, 0) is 4.79 Å². The Bertz CT molecular complexity index is 577. The quantitative estimate of drug-likeness (QED) is 0.733. The Morgan fingerprint density at radius 3 is 2.40 bits per heavy atom. The second kappa shape index (κ2) is 6.31. The molecule has 0 aliphatic carbocycles. The molecule has 0 aliphatic rings. The number of H-pyrrole nitrogens is 1. The molecule has 0 bridgehead atoms. The van der Waals surface area contributed by atoms with E-state index >= 15 is 0 Å². The number of aliphatic carboxylic acids is 1. The zero-order valence-corrected chi connectivity index (χ0v) is 12.0. The normalized spacial score (nSPS) is 12.2. The van der Waals surface area contributed by atoms with Crippen molar-refractivity contribution >= 4 is 11.9 Å². The lowest BCUT2D eigenvalue weighted by Gasteiger charge is -2.11. The first kappa shape index (κ1) is 15.9. The van der Waals surface area contributed by atoms with Crippen LogP contribution in [0.1, 0.15) is 48.6 Å². The highest BCUT2D eigenvalue weighted by Gasteiger charge is 2.19. The summed E-state index contributed by atoms with van der Waals surface area (Å²) < 4.78 is 0. The van der Waals surface area contributed by atoms with Crippen molar-refractivity contribution in [1.29, 1.82) is 0 Å². The van der Waals surface area contributed by atoms with Crippen LogP contribution < -0.4 is 10.9 Å². The van der Waals surface area contributed by atoms with Crippen LogP contribution in [0.5, 0.6) is 0 Å². The monoisotopic (exact) mass is 281 g/mol. The third-order valence-corrected chi connectivity index (χ3v) is 2.88. The molecule has 1 heterocycles. The maximum absolute atomic E-state index is 11.9. The summed E-state index contributed by atoms with van der Waals surface area (Å²) >= 11 is 0. The molecule has 1 amide bonds. The zero-order chi connectivity index (χ0) is 15.4. The summed E-state index contributed by atoms with van der Waals surface area (Å²) in [6, 6.07) is 0. The van der Waals surface area contributed by atoms with Gasteiger partial charge in [0.25, 0.3) is 11.5 Å². The Morgan fingerprint density at radius 1 is 1.35 bits per heavy atom. The van der Waals surface area contributed by atoms with Gasteiger partial charge in [0.15, 0.2) is 0 Å². The highest BCUT2D eigenvalue weighted by atomic mass is 16.4. The maximum Gasteiger partial charge on any atom is 0.308 e. The number of carboxylic acids is 1. The van der Waals surface area contributed by atoms with E-state index in [1.165, 1.54) is 6.92 Å². The molecule has 7 nitrogen and oxygen atoms in total. The molecule has 0 saturated carbocycles. The molecule has 110 valence electrons. The van der Waals surface area contributed by atoms with Gasteiger partial charge in [0.2, 0.25) is 0 Å². The Hall–Kier alpha value is -2.18. The SMILES string of the molecule is Cc1nc(C(C)C)[nH]c(=O)c1C(=O)NCC(C)C(=O)O. The molecule has 20 heavy (non-hydrogen) atoms. The van der Waals surface area contributed by atoms with E-state index in [4.69, 9.17) is 5.11 Å². The molecule has 0 fully saturated rings. The minimum absolute atomic E-state index is 0.0427. The van der Waals surface area contributed by atoms with Crippen LogP contribution in [0.2, 0.25) is 0 Å². The summed E-state index contributed by atoms with van der Waals surface area (Å²) in [5.41, 5.74) is -0.258. The first-order valence-electron chi connectivity index (χ1n) is 6.35. The van der Waals surface area contributed by atoms with Gasteiger partial charge in [-0.05, 0) is 6.92 Å². The second-order valence-electron chi connectivity index (χ2n) is 5.02.